The van der Waals surface area contributed by atoms with E-state index in [1.165, 1.54) is 11.5 Å². The lowest BCUT2D eigenvalue weighted by Gasteiger charge is -1.94. The summed E-state index contributed by atoms with van der Waals surface area (Å²) in [5.41, 5.74) is 1.83. The van der Waals surface area contributed by atoms with Gasteiger partial charge < -0.3 is 4.57 Å². The largest absolute Gasteiger partial charge is 0.331 e. The molecule has 68 valence electrons. The van der Waals surface area contributed by atoms with Crippen molar-refractivity contribution in [2.75, 3.05) is 0 Å². The minimum absolute atomic E-state index is 0.447. The van der Waals surface area contributed by atoms with Gasteiger partial charge in [0.05, 0.1) is 30.1 Å². The first kappa shape index (κ1) is 8.65. The van der Waals surface area contributed by atoms with Crippen LogP contribution < -0.4 is 0 Å². The van der Waals surface area contributed by atoms with Gasteiger partial charge in [-0.1, -0.05) is 4.49 Å². The van der Waals surface area contributed by atoms with Gasteiger partial charge in [0.15, 0.2) is 0 Å². The quantitative estimate of drug-likeness (QED) is 0.728. The van der Waals surface area contributed by atoms with Gasteiger partial charge in [-0.25, -0.2) is 4.98 Å². The van der Waals surface area contributed by atoms with E-state index in [9.17, 15) is 0 Å². The van der Waals surface area contributed by atoms with Crippen LogP contribution in [-0.4, -0.2) is 19.1 Å². The van der Waals surface area contributed by atoms with Crippen molar-refractivity contribution in [2.45, 2.75) is 12.4 Å². The zero-order chi connectivity index (χ0) is 9.10. The van der Waals surface area contributed by atoms with Crippen LogP contribution >= 0.6 is 23.1 Å². The van der Waals surface area contributed by atoms with E-state index in [4.69, 9.17) is 11.6 Å². The van der Waals surface area contributed by atoms with E-state index in [2.05, 4.69) is 14.6 Å². The molecule has 6 heteroatoms. The zero-order valence-electron chi connectivity index (χ0n) is 6.72. The second-order valence-electron chi connectivity index (χ2n) is 2.57. The maximum absolute atomic E-state index is 5.62. The van der Waals surface area contributed by atoms with Gasteiger partial charge >= 0.3 is 0 Å². The fourth-order valence-corrected chi connectivity index (χ4v) is 1.58. The molecule has 0 N–H and O–H groups in total. The first-order valence-electron chi connectivity index (χ1n) is 3.71. The molecule has 0 bridgehead atoms. The molecule has 0 radical (unpaired) electrons. The SMILES string of the molecule is ClCc1cn(Cc2csnn2)cn1. The Morgan fingerprint density at radius 2 is 2.38 bits per heavy atom. The molecule has 0 aliphatic carbocycles. The Balaban J connectivity index is 2.10. The molecule has 2 aromatic heterocycles. The van der Waals surface area contributed by atoms with Crippen molar-refractivity contribution in [3.05, 3.63) is 29.3 Å². The van der Waals surface area contributed by atoms with Gasteiger partial charge in [0.25, 0.3) is 0 Å². The van der Waals surface area contributed by atoms with Crippen molar-refractivity contribution in [3.8, 4) is 0 Å². The summed E-state index contributed by atoms with van der Waals surface area (Å²) >= 11 is 6.97. The number of alkyl halides is 1. The molecule has 4 nitrogen and oxygen atoms in total. The van der Waals surface area contributed by atoms with Gasteiger partial charge in [-0.05, 0) is 11.5 Å². The van der Waals surface area contributed by atoms with E-state index in [-0.39, 0.29) is 0 Å². The molecule has 0 saturated carbocycles. The summed E-state index contributed by atoms with van der Waals surface area (Å²) in [7, 11) is 0. The molecule has 0 fully saturated rings. The summed E-state index contributed by atoms with van der Waals surface area (Å²) in [6, 6.07) is 0. The Morgan fingerprint density at radius 3 is 3.00 bits per heavy atom. The van der Waals surface area contributed by atoms with Gasteiger partial charge in [-0.15, -0.1) is 16.7 Å². The highest BCUT2D eigenvalue weighted by Crippen LogP contribution is 2.04. The number of imidazole rings is 1. The molecule has 0 spiro atoms. The second kappa shape index (κ2) is 3.85. The topological polar surface area (TPSA) is 43.6 Å². The Hall–Kier alpha value is -0.940. The molecule has 0 atom stereocenters. The molecule has 0 amide bonds. The van der Waals surface area contributed by atoms with E-state index in [0.717, 1.165) is 11.4 Å². The second-order valence-corrected chi connectivity index (χ2v) is 3.44. The normalized spacial score (nSPS) is 10.5. The Labute approximate surface area is 84.3 Å². The fourth-order valence-electron chi connectivity index (χ4n) is 1.00. The third-order valence-electron chi connectivity index (χ3n) is 1.57. The molecule has 0 saturated heterocycles. The van der Waals surface area contributed by atoms with Crippen LogP contribution in [-0.2, 0) is 12.4 Å². The molecule has 2 rings (SSSR count). The van der Waals surface area contributed by atoms with Gasteiger partial charge in [0.1, 0.15) is 0 Å². The van der Waals surface area contributed by atoms with Crippen LogP contribution in [0.25, 0.3) is 0 Å². The maximum Gasteiger partial charge on any atom is 0.0953 e. The molecule has 0 unspecified atom stereocenters. The van der Waals surface area contributed by atoms with Gasteiger partial charge in [0.2, 0.25) is 0 Å². The third kappa shape index (κ3) is 2.05. The molecular weight excluding hydrogens is 208 g/mol. The number of rotatable bonds is 3. The van der Waals surface area contributed by atoms with Crippen molar-refractivity contribution >= 4 is 23.1 Å². The van der Waals surface area contributed by atoms with Gasteiger partial charge in [-0.2, -0.15) is 0 Å². The van der Waals surface area contributed by atoms with Crippen LogP contribution in [0, 0.1) is 0 Å². The summed E-state index contributed by atoms with van der Waals surface area (Å²) in [4.78, 5) is 4.10. The summed E-state index contributed by atoms with van der Waals surface area (Å²) in [5.74, 6) is 0.447. The lowest BCUT2D eigenvalue weighted by Crippen LogP contribution is -1.96. The van der Waals surface area contributed by atoms with Crippen molar-refractivity contribution in [1.29, 1.82) is 0 Å². The Bertz CT molecular complexity index is 370. The number of hydrogen-bond donors (Lipinski definition) is 0. The highest BCUT2D eigenvalue weighted by Gasteiger charge is 1.99. The summed E-state index contributed by atoms with van der Waals surface area (Å²) < 4.78 is 5.72. The summed E-state index contributed by atoms with van der Waals surface area (Å²) in [6.45, 7) is 0.709. The average Bonchev–Trinajstić information content (AvgIpc) is 2.76. The van der Waals surface area contributed by atoms with Crippen LogP contribution in [0.2, 0.25) is 0 Å². The molecule has 0 aliphatic rings. The van der Waals surface area contributed by atoms with E-state index in [1.807, 2.05) is 16.1 Å². The molecular formula is C7H7ClN4S. The highest BCUT2D eigenvalue weighted by molar-refractivity contribution is 7.03. The first-order chi connectivity index (χ1) is 6.38. The van der Waals surface area contributed by atoms with Crippen molar-refractivity contribution in [3.63, 3.8) is 0 Å². The van der Waals surface area contributed by atoms with Crippen molar-refractivity contribution in [2.24, 2.45) is 0 Å². The van der Waals surface area contributed by atoms with Crippen LogP contribution in [0.15, 0.2) is 17.9 Å². The van der Waals surface area contributed by atoms with E-state index >= 15 is 0 Å². The number of hydrogen-bond acceptors (Lipinski definition) is 4. The zero-order valence-corrected chi connectivity index (χ0v) is 8.29. The lowest BCUT2D eigenvalue weighted by molar-refractivity contribution is 0.767. The Kier molecular flexibility index (Phi) is 2.56. The fraction of sp³-hybridized carbons (Fsp3) is 0.286. The van der Waals surface area contributed by atoms with Crippen LogP contribution in [0.1, 0.15) is 11.4 Å². The minimum Gasteiger partial charge on any atom is -0.331 e. The molecule has 2 heterocycles. The maximum atomic E-state index is 5.62. The highest BCUT2D eigenvalue weighted by atomic mass is 35.5. The molecule has 2 aromatic rings. The summed E-state index contributed by atoms with van der Waals surface area (Å²) in [5, 5.41) is 5.85. The van der Waals surface area contributed by atoms with E-state index in [0.29, 0.717) is 12.4 Å². The monoisotopic (exact) mass is 214 g/mol. The van der Waals surface area contributed by atoms with Gasteiger partial charge in [0, 0.05) is 11.6 Å². The third-order valence-corrected chi connectivity index (χ3v) is 2.40. The average molecular weight is 215 g/mol. The molecule has 0 aromatic carbocycles. The standard InChI is InChI=1S/C7H7ClN4S/c8-1-6-2-12(5-9-6)3-7-4-13-11-10-7/h2,4-5H,1,3H2. The first-order valence-corrected chi connectivity index (χ1v) is 5.08. The van der Waals surface area contributed by atoms with Crippen molar-refractivity contribution < 1.29 is 0 Å². The lowest BCUT2D eigenvalue weighted by atomic mass is 10.5. The predicted molar refractivity (Wildman–Crippen MR) is 50.8 cm³/mol. The number of aromatic nitrogens is 4. The minimum atomic E-state index is 0.447. The predicted octanol–water partition coefficient (Wildman–Crippen LogP) is 1.52. The molecule has 13 heavy (non-hydrogen) atoms. The Morgan fingerprint density at radius 1 is 1.46 bits per heavy atom. The number of nitrogens with zero attached hydrogens (tertiary/aromatic N) is 4. The number of halogens is 1. The van der Waals surface area contributed by atoms with Crippen LogP contribution in [0.3, 0.4) is 0 Å². The van der Waals surface area contributed by atoms with Crippen LogP contribution in [0.4, 0.5) is 0 Å². The smallest absolute Gasteiger partial charge is 0.0953 e. The van der Waals surface area contributed by atoms with E-state index in [1.54, 1.807) is 6.33 Å². The van der Waals surface area contributed by atoms with Gasteiger partial charge in [-0.3, -0.25) is 0 Å². The van der Waals surface area contributed by atoms with Crippen molar-refractivity contribution in [1.82, 2.24) is 19.1 Å². The van der Waals surface area contributed by atoms with E-state index < -0.39 is 0 Å². The van der Waals surface area contributed by atoms with Crippen LogP contribution in [0.5, 0.6) is 0 Å². The summed E-state index contributed by atoms with van der Waals surface area (Å²) in [6.07, 6.45) is 3.66. The molecule has 0 aliphatic heterocycles.